The Bertz CT molecular complexity index is 607. The lowest BCUT2D eigenvalue weighted by molar-refractivity contribution is 0.0698. The third-order valence-corrected chi connectivity index (χ3v) is 4.82. The molecule has 0 radical (unpaired) electrons. The fourth-order valence-corrected chi connectivity index (χ4v) is 3.56. The van der Waals surface area contributed by atoms with Gasteiger partial charge in [0.1, 0.15) is 0 Å². The average Bonchev–Trinajstić information content (AvgIpc) is 2.41. The zero-order valence-corrected chi connectivity index (χ0v) is 12.1. The molecule has 0 aromatic heterocycles. The Morgan fingerprint density at radius 1 is 1.25 bits per heavy atom. The highest BCUT2D eigenvalue weighted by molar-refractivity contribution is 7.90. The molecule has 0 amide bonds. The average molecular weight is 298 g/mol. The van der Waals surface area contributed by atoms with Gasteiger partial charge in [0.15, 0.2) is 0 Å². The molecule has 1 aliphatic rings. The largest absolute Gasteiger partial charge is 0.478 e. The molecule has 0 spiro atoms. The van der Waals surface area contributed by atoms with Gasteiger partial charge in [-0.3, -0.25) is 4.72 Å². The number of benzene rings is 1. The first kappa shape index (κ1) is 14.8. The van der Waals surface area contributed by atoms with E-state index in [1.807, 2.05) is 0 Å². The van der Waals surface area contributed by atoms with Crippen molar-refractivity contribution in [3.05, 3.63) is 29.3 Å². The van der Waals surface area contributed by atoms with Crippen LogP contribution in [0.3, 0.4) is 0 Å². The number of carbonyl (C=O) groups is 1. The van der Waals surface area contributed by atoms with Crippen molar-refractivity contribution in [1.82, 2.24) is 4.31 Å². The van der Waals surface area contributed by atoms with Crippen molar-refractivity contribution in [2.75, 3.05) is 17.8 Å². The summed E-state index contributed by atoms with van der Waals surface area (Å²) in [7, 11) is -3.69. The molecule has 20 heavy (non-hydrogen) atoms. The second-order valence-corrected chi connectivity index (χ2v) is 6.59. The minimum Gasteiger partial charge on any atom is -0.478 e. The Balaban J connectivity index is 2.27. The zero-order chi connectivity index (χ0) is 14.8. The number of carboxylic acids is 1. The van der Waals surface area contributed by atoms with E-state index in [1.165, 1.54) is 16.4 Å². The van der Waals surface area contributed by atoms with Gasteiger partial charge in [0.2, 0.25) is 0 Å². The fourth-order valence-electron chi connectivity index (χ4n) is 2.23. The summed E-state index contributed by atoms with van der Waals surface area (Å²) in [6, 6.07) is 4.62. The summed E-state index contributed by atoms with van der Waals surface area (Å²) in [5.41, 5.74) is 0.836. The number of piperidine rings is 1. The second kappa shape index (κ2) is 5.80. The van der Waals surface area contributed by atoms with E-state index in [0.29, 0.717) is 13.1 Å². The molecule has 2 rings (SSSR count). The lowest BCUT2D eigenvalue weighted by Gasteiger charge is -2.26. The zero-order valence-electron chi connectivity index (χ0n) is 11.3. The molecule has 1 fully saturated rings. The number of rotatable bonds is 4. The van der Waals surface area contributed by atoms with Gasteiger partial charge in [-0.1, -0.05) is 18.1 Å². The van der Waals surface area contributed by atoms with Gasteiger partial charge in [0.25, 0.3) is 0 Å². The topological polar surface area (TPSA) is 86.7 Å². The summed E-state index contributed by atoms with van der Waals surface area (Å²) in [5.74, 6) is -1.15. The number of carboxylic acid groups (broad SMARTS) is 1. The molecule has 110 valence electrons. The number of nitrogens with zero attached hydrogens (tertiary/aromatic N) is 1. The minimum absolute atomic E-state index is 0.0365. The Morgan fingerprint density at radius 2 is 1.90 bits per heavy atom. The number of hydrogen-bond acceptors (Lipinski definition) is 3. The van der Waals surface area contributed by atoms with Crippen molar-refractivity contribution in [2.24, 2.45) is 0 Å². The quantitative estimate of drug-likeness (QED) is 0.888. The first-order valence-corrected chi connectivity index (χ1v) is 7.96. The van der Waals surface area contributed by atoms with Crippen LogP contribution in [-0.4, -0.2) is 36.9 Å². The van der Waals surface area contributed by atoms with Gasteiger partial charge in [-0.25, -0.2) is 4.79 Å². The van der Waals surface area contributed by atoms with E-state index in [0.717, 1.165) is 24.8 Å². The first-order chi connectivity index (χ1) is 9.40. The van der Waals surface area contributed by atoms with Crippen LogP contribution in [0.15, 0.2) is 18.2 Å². The van der Waals surface area contributed by atoms with E-state index >= 15 is 0 Å². The van der Waals surface area contributed by atoms with Gasteiger partial charge in [-0.2, -0.15) is 12.7 Å². The van der Waals surface area contributed by atoms with Gasteiger partial charge >= 0.3 is 16.2 Å². The molecule has 2 N–H and O–H groups in total. The summed E-state index contributed by atoms with van der Waals surface area (Å²) >= 11 is 0. The standard InChI is InChI=1S/C13H18N2O4S/c1-10-5-6-12(11(9-10)13(16)17)14-20(18,19)15-7-3-2-4-8-15/h5-6,9,14H,2-4,7-8H2,1H3,(H,16,17). The second-order valence-electron chi connectivity index (χ2n) is 4.92. The van der Waals surface area contributed by atoms with E-state index in [9.17, 15) is 13.2 Å². The fraction of sp³-hybridized carbons (Fsp3) is 0.462. The van der Waals surface area contributed by atoms with Crippen LogP contribution in [0.4, 0.5) is 5.69 Å². The maximum absolute atomic E-state index is 12.2. The van der Waals surface area contributed by atoms with Crippen molar-refractivity contribution in [1.29, 1.82) is 0 Å². The lowest BCUT2D eigenvalue weighted by Crippen LogP contribution is -2.39. The maximum atomic E-state index is 12.2. The van der Waals surface area contributed by atoms with Crippen LogP contribution in [0.5, 0.6) is 0 Å². The van der Waals surface area contributed by atoms with Crippen molar-refractivity contribution in [3.63, 3.8) is 0 Å². The van der Waals surface area contributed by atoms with Crippen LogP contribution in [-0.2, 0) is 10.2 Å². The van der Waals surface area contributed by atoms with Crippen LogP contribution >= 0.6 is 0 Å². The van der Waals surface area contributed by atoms with Gasteiger partial charge in [0.05, 0.1) is 11.3 Å². The SMILES string of the molecule is Cc1ccc(NS(=O)(=O)N2CCCCC2)c(C(=O)O)c1. The lowest BCUT2D eigenvalue weighted by atomic mass is 10.1. The van der Waals surface area contributed by atoms with E-state index in [4.69, 9.17) is 5.11 Å². The van der Waals surface area contributed by atoms with Crippen molar-refractivity contribution in [2.45, 2.75) is 26.2 Å². The van der Waals surface area contributed by atoms with Gasteiger partial charge < -0.3 is 5.11 Å². The monoisotopic (exact) mass is 298 g/mol. The first-order valence-electron chi connectivity index (χ1n) is 6.52. The third kappa shape index (κ3) is 3.29. The van der Waals surface area contributed by atoms with Crippen LogP contribution in [0.1, 0.15) is 35.2 Å². The molecule has 6 nitrogen and oxygen atoms in total. The van der Waals surface area contributed by atoms with Gasteiger partial charge in [0, 0.05) is 13.1 Å². The Kier molecular flexibility index (Phi) is 4.29. The molecule has 1 saturated heterocycles. The Labute approximate surface area is 118 Å². The van der Waals surface area contributed by atoms with Crippen LogP contribution in [0, 0.1) is 6.92 Å². The number of aromatic carboxylic acids is 1. The molecule has 1 aromatic rings. The predicted octanol–water partition coefficient (Wildman–Crippen LogP) is 1.84. The highest BCUT2D eigenvalue weighted by Gasteiger charge is 2.25. The van der Waals surface area contributed by atoms with E-state index < -0.39 is 16.2 Å². The Hall–Kier alpha value is -1.60. The smallest absolute Gasteiger partial charge is 0.337 e. The number of hydrogen-bond donors (Lipinski definition) is 2. The molecule has 0 unspecified atom stereocenters. The van der Waals surface area contributed by atoms with Crippen LogP contribution in [0.25, 0.3) is 0 Å². The molecule has 1 aliphatic heterocycles. The summed E-state index contributed by atoms with van der Waals surface area (Å²) in [4.78, 5) is 11.2. The number of nitrogens with one attached hydrogen (secondary N) is 1. The summed E-state index contributed by atoms with van der Waals surface area (Å²) in [6.45, 7) is 2.71. The molecule has 0 saturated carbocycles. The number of aryl methyl sites for hydroxylation is 1. The van der Waals surface area contributed by atoms with Crippen molar-refractivity contribution < 1.29 is 18.3 Å². The summed E-state index contributed by atoms with van der Waals surface area (Å²) < 4.78 is 28.2. The minimum atomic E-state index is -3.69. The maximum Gasteiger partial charge on any atom is 0.337 e. The normalized spacial score (nSPS) is 16.9. The molecule has 0 bridgehead atoms. The highest BCUT2D eigenvalue weighted by atomic mass is 32.2. The van der Waals surface area contributed by atoms with Gasteiger partial charge in [-0.15, -0.1) is 0 Å². The molecule has 1 aromatic carbocycles. The van der Waals surface area contributed by atoms with Crippen molar-refractivity contribution in [3.8, 4) is 0 Å². The molecule has 0 aliphatic carbocycles. The van der Waals surface area contributed by atoms with Crippen LogP contribution in [0.2, 0.25) is 0 Å². The highest BCUT2D eigenvalue weighted by Crippen LogP contribution is 2.21. The molecule has 1 heterocycles. The van der Waals surface area contributed by atoms with E-state index in [2.05, 4.69) is 4.72 Å². The number of anilines is 1. The van der Waals surface area contributed by atoms with Crippen LogP contribution < -0.4 is 4.72 Å². The van der Waals surface area contributed by atoms with E-state index in [1.54, 1.807) is 13.0 Å². The predicted molar refractivity (Wildman–Crippen MR) is 76.1 cm³/mol. The van der Waals surface area contributed by atoms with E-state index in [-0.39, 0.29) is 11.3 Å². The molecular formula is C13H18N2O4S. The third-order valence-electron chi connectivity index (χ3n) is 3.30. The molecule has 7 heteroatoms. The summed E-state index contributed by atoms with van der Waals surface area (Å²) in [6.07, 6.45) is 2.69. The van der Waals surface area contributed by atoms with Crippen molar-refractivity contribution >= 4 is 21.9 Å². The van der Waals surface area contributed by atoms with Gasteiger partial charge in [-0.05, 0) is 31.9 Å². The Morgan fingerprint density at radius 3 is 2.50 bits per heavy atom. The molecular weight excluding hydrogens is 280 g/mol. The summed E-state index contributed by atoms with van der Waals surface area (Å²) in [5, 5.41) is 9.15. The molecule has 0 atom stereocenters.